The topological polar surface area (TPSA) is 68.1 Å². The Morgan fingerprint density at radius 3 is 2.52 bits per heavy atom. The quantitative estimate of drug-likeness (QED) is 0.509. The number of nitrogens with zero attached hydrogens (tertiary/aromatic N) is 1. The van der Waals surface area contributed by atoms with Gasteiger partial charge in [0, 0.05) is 16.8 Å². The van der Waals surface area contributed by atoms with Crippen molar-refractivity contribution in [1.82, 2.24) is 0 Å². The minimum atomic E-state index is -0.961. The normalized spacial score (nSPS) is 10.9. The summed E-state index contributed by atoms with van der Waals surface area (Å²) < 4.78 is 11.4. The van der Waals surface area contributed by atoms with Crippen LogP contribution in [0.25, 0.3) is 0 Å². The second-order valence-corrected chi connectivity index (χ2v) is 6.72. The van der Waals surface area contributed by atoms with E-state index >= 15 is 0 Å². The smallest absolute Gasteiger partial charge is 0.335 e. The Bertz CT molecular complexity index is 1050. The summed E-state index contributed by atoms with van der Waals surface area (Å²) in [7, 11) is 1.58. The van der Waals surface area contributed by atoms with Gasteiger partial charge in [0.05, 0.1) is 18.4 Å². The summed E-state index contributed by atoms with van der Waals surface area (Å²) in [6, 6.07) is 17.7. The fraction of sp³-hybridized carbons (Fsp3) is 0.130. The number of methoxy groups -OCH3 is 1. The summed E-state index contributed by atoms with van der Waals surface area (Å²) in [6.07, 6.45) is 1.71. The molecule has 0 unspecified atom stereocenters. The molecule has 0 spiro atoms. The second-order valence-electron chi connectivity index (χ2n) is 6.31. The van der Waals surface area contributed by atoms with Crippen LogP contribution in [0.5, 0.6) is 11.5 Å². The largest absolute Gasteiger partial charge is 0.493 e. The number of aromatic carboxylic acids is 1. The molecule has 0 aliphatic carbocycles. The third-order valence-corrected chi connectivity index (χ3v) is 4.80. The van der Waals surface area contributed by atoms with E-state index < -0.39 is 5.97 Å². The Hall–Kier alpha value is -3.31. The highest BCUT2D eigenvalue weighted by Gasteiger charge is 2.11. The lowest BCUT2D eigenvalue weighted by Gasteiger charge is -2.13. The highest BCUT2D eigenvalue weighted by Crippen LogP contribution is 2.32. The first-order valence-corrected chi connectivity index (χ1v) is 9.28. The van der Waals surface area contributed by atoms with Gasteiger partial charge in [0.2, 0.25) is 0 Å². The molecule has 0 radical (unpaired) electrons. The van der Waals surface area contributed by atoms with Gasteiger partial charge < -0.3 is 14.6 Å². The number of halogens is 1. The number of ether oxygens (including phenoxy) is 2. The average Bonchev–Trinajstić information content (AvgIpc) is 2.73. The van der Waals surface area contributed by atoms with Crippen molar-refractivity contribution < 1.29 is 19.4 Å². The molecule has 0 amide bonds. The summed E-state index contributed by atoms with van der Waals surface area (Å²) in [4.78, 5) is 15.5. The maximum Gasteiger partial charge on any atom is 0.335 e. The van der Waals surface area contributed by atoms with Gasteiger partial charge in [-0.25, -0.2) is 4.79 Å². The van der Waals surface area contributed by atoms with Crippen molar-refractivity contribution in [2.75, 3.05) is 7.11 Å². The summed E-state index contributed by atoms with van der Waals surface area (Å²) in [5, 5.41) is 9.67. The van der Waals surface area contributed by atoms with Crippen LogP contribution in [-0.4, -0.2) is 24.4 Å². The first-order chi connectivity index (χ1) is 14.0. The van der Waals surface area contributed by atoms with Crippen LogP contribution in [0.15, 0.2) is 65.7 Å². The zero-order valence-electron chi connectivity index (χ0n) is 16.1. The Morgan fingerprint density at radius 1 is 1.10 bits per heavy atom. The monoisotopic (exact) mass is 409 g/mol. The third-order valence-electron chi connectivity index (χ3n) is 4.40. The second kappa shape index (κ2) is 9.26. The predicted octanol–water partition coefficient (Wildman–Crippen LogP) is 5.68. The molecule has 0 aliphatic heterocycles. The Labute approximate surface area is 174 Å². The number of rotatable bonds is 7. The van der Waals surface area contributed by atoms with Crippen molar-refractivity contribution in [1.29, 1.82) is 0 Å². The van der Waals surface area contributed by atoms with Crippen LogP contribution in [0.2, 0.25) is 5.02 Å². The van der Waals surface area contributed by atoms with Crippen LogP contribution in [0, 0.1) is 6.92 Å². The van der Waals surface area contributed by atoms with Crippen molar-refractivity contribution in [2.45, 2.75) is 13.5 Å². The van der Waals surface area contributed by atoms with E-state index in [1.165, 1.54) is 0 Å². The molecule has 0 saturated carbocycles. The Kier molecular flexibility index (Phi) is 6.52. The first-order valence-electron chi connectivity index (χ1n) is 8.91. The molecular formula is C23H20ClNO4. The molecule has 29 heavy (non-hydrogen) atoms. The molecule has 1 N–H and O–H groups in total. The van der Waals surface area contributed by atoms with Gasteiger partial charge in [-0.3, -0.25) is 4.99 Å². The summed E-state index contributed by atoms with van der Waals surface area (Å²) in [5.74, 6) is 0.177. The first kappa shape index (κ1) is 20.4. The van der Waals surface area contributed by atoms with E-state index in [-0.39, 0.29) is 12.2 Å². The van der Waals surface area contributed by atoms with Crippen molar-refractivity contribution in [3.63, 3.8) is 0 Å². The van der Waals surface area contributed by atoms with Crippen LogP contribution in [-0.2, 0) is 6.61 Å². The third kappa shape index (κ3) is 4.95. The fourth-order valence-electron chi connectivity index (χ4n) is 2.72. The lowest BCUT2D eigenvalue weighted by Crippen LogP contribution is -2.02. The SMILES string of the molecule is COc1cccc(C=Nc2cccc(Cl)c2C)c1OCc1ccc(C(=O)O)cc1. The van der Waals surface area contributed by atoms with Crippen LogP contribution in [0.3, 0.4) is 0 Å². The molecule has 3 aromatic rings. The average molecular weight is 410 g/mol. The molecule has 0 saturated heterocycles. The summed E-state index contributed by atoms with van der Waals surface area (Å²) in [5.41, 5.74) is 3.50. The molecule has 0 atom stereocenters. The number of hydrogen-bond acceptors (Lipinski definition) is 4. The summed E-state index contributed by atoms with van der Waals surface area (Å²) >= 11 is 6.17. The van der Waals surface area contributed by atoms with Crippen molar-refractivity contribution >= 4 is 29.5 Å². The molecular weight excluding hydrogens is 390 g/mol. The maximum absolute atomic E-state index is 11.0. The van der Waals surface area contributed by atoms with Gasteiger partial charge in [-0.2, -0.15) is 0 Å². The van der Waals surface area contributed by atoms with E-state index in [1.807, 2.05) is 43.3 Å². The van der Waals surface area contributed by atoms with E-state index in [9.17, 15) is 4.79 Å². The Morgan fingerprint density at radius 2 is 1.83 bits per heavy atom. The van der Waals surface area contributed by atoms with Gasteiger partial charge in [-0.1, -0.05) is 35.9 Å². The maximum atomic E-state index is 11.0. The standard InChI is InChI=1S/C23H20ClNO4/c1-15-19(24)6-4-7-20(15)25-13-18-5-3-8-21(28-2)22(18)29-14-16-9-11-17(12-10-16)23(26)27/h3-13H,14H2,1-2H3,(H,26,27). The van der Waals surface area contributed by atoms with E-state index in [4.69, 9.17) is 26.2 Å². The number of carboxylic acid groups (broad SMARTS) is 1. The fourth-order valence-corrected chi connectivity index (χ4v) is 2.89. The van der Waals surface area contributed by atoms with Gasteiger partial charge in [0.25, 0.3) is 0 Å². The van der Waals surface area contributed by atoms with Gasteiger partial charge in [0.1, 0.15) is 6.61 Å². The molecule has 3 aromatic carbocycles. The molecule has 0 aliphatic rings. The molecule has 5 nitrogen and oxygen atoms in total. The van der Waals surface area contributed by atoms with Gasteiger partial charge in [-0.15, -0.1) is 0 Å². The van der Waals surface area contributed by atoms with E-state index in [1.54, 1.807) is 37.6 Å². The van der Waals surface area contributed by atoms with E-state index in [2.05, 4.69) is 4.99 Å². The number of para-hydroxylation sites is 1. The number of hydrogen-bond donors (Lipinski definition) is 1. The molecule has 0 bridgehead atoms. The molecule has 6 heteroatoms. The number of carbonyl (C=O) groups is 1. The molecule has 3 rings (SSSR count). The number of aliphatic imine (C=N–C) groups is 1. The van der Waals surface area contributed by atoms with Crippen molar-refractivity contribution in [2.24, 2.45) is 4.99 Å². The predicted molar refractivity (Wildman–Crippen MR) is 114 cm³/mol. The highest BCUT2D eigenvalue weighted by atomic mass is 35.5. The van der Waals surface area contributed by atoms with Crippen LogP contribution < -0.4 is 9.47 Å². The van der Waals surface area contributed by atoms with Gasteiger partial charge in [0.15, 0.2) is 11.5 Å². The van der Waals surface area contributed by atoms with Gasteiger partial charge >= 0.3 is 5.97 Å². The number of carboxylic acids is 1. The van der Waals surface area contributed by atoms with Crippen molar-refractivity contribution in [3.05, 3.63) is 87.9 Å². The molecule has 0 aromatic heterocycles. The van der Waals surface area contributed by atoms with Crippen molar-refractivity contribution in [3.8, 4) is 11.5 Å². The number of benzene rings is 3. The summed E-state index contributed by atoms with van der Waals surface area (Å²) in [6.45, 7) is 2.18. The molecule has 0 heterocycles. The minimum Gasteiger partial charge on any atom is -0.493 e. The van der Waals surface area contributed by atoms with Crippen LogP contribution in [0.1, 0.15) is 27.0 Å². The Balaban J connectivity index is 1.85. The van der Waals surface area contributed by atoms with Crippen LogP contribution in [0.4, 0.5) is 5.69 Å². The molecule has 148 valence electrons. The van der Waals surface area contributed by atoms with Gasteiger partial charge in [-0.05, 0) is 54.4 Å². The van der Waals surface area contributed by atoms with Crippen LogP contribution >= 0.6 is 11.6 Å². The van der Waals surface area contributed by atoms with E-state index in [0.29, 0.717) is 16.5 Å². The highest BCUT2D eigenvalue weighted by molar-refractivity contribution is 6.31. The lowest BCUT2D eigenvalue weighted by atomic mass is 10.1. The zero-order valence-corrected chi connectivity index (χ0v) is 16.8. The minimum absolute atomic E-state index is 0.232. The lowest BCUT2D eigenvalue weighted by molar-refractivity contribution is 0.0697. The molecule has 0 fully saturated rings. The zero-order chi connectivity index (χ0) is 20.8. The van der Waals surface area contributed by atoms with E-state index in [0.717, 1.165) is 22.4 Å².